The predicted molar refractivity (Wildman–Crippen MR) is 125 cm³/mol. The first-order chi connectivity index (χ1) is 16.4. The Bertz CT molecular complexity index is 1660. The van der Waals surface area contributed by atoms with Crippen molar-refractivity contribution in [3.05, 3.63) is 87.8 Å². The van der Waals surface area contributed by atoms with Crippen LogP contribution in [-0.4, -0.2) is 21.2 Å². The molecule has 0 spiro atoms. The maximum atomic E-state index is 12.8. The number of nitrogens with zero attached hydrogens (tertiary/aromatic N) is 2. The minimum Gasteiger partial charge on any atom is -0.507 e. The number of hydrogen-bond acceptors (Lipinski definition) is 8. The molecule has 0 aliphatic heterocycles. The van der Waals surface area contributed by atoms with Gasteiger partial charge in [-0.25, -0.2) is 14.6 Å². The van der Waals surface area contributed by atoms with E-state index in [1.165, 1.54) is 35.6 Å². The molecular formula is C25H14N2O6S. The Morgan fingerprint density at radius 3 is 2.71 bits per heavy atom. The molecule has 8 nitrogen and oxygen atoms in total. The summed E-state index contributed by atoms with van der Waals surface area (Å²) in [6, 6.07) is 18.5. The molecule has 166 valence electrons. The van der Waals surface area contributed by atoms with E-state index in [-0.39, 0.29) is 34.6 Å². The molecule has 0 fully saturated rings. The summed E-state index contributed by atoms with van der Waals surface area (Å²) in [6.07, 6.45) is 0. The average Bonchev–Trinajstić information content (AvgIpc) is 3.25. The summed E-state index contributed by atoms with van der Waals surface area (Å²) >= 11 is 1.31. The van der Waals surface area contributed by atoms with E-state index < -0.39 is 11.6 Å². The van der Waals surface area contributed by atoms with Crippen LogP contribution in [0.1, 0.15) is 21.5 Å². The van der Waals surface area contributed by atoms with Crippen LogP contribution >= 0.6 is 11.3 Å². The Morgan fingerprint density at radius 1 is 1.15 bits per heavy atom. The average molecular weight is 470 g/mol. The first kappa shape index (κ1) is 21.2. The van der Waals surface area contributed by atoms with E-state index in [9.17, 15) is 20.0 Å². The van der Waals surface area contributed by atoms with E-state index in [2.05, 4.69) is 11.1 Å². The number of rotatable bonds is 5. The van der Waals surface area contributed by atoms with Crippen molar-refractivity contribution < 1.29 is 24.2 Å². The monoisotopic (exact) mass is 470 g/mol. The zero-order valence-corrected chi connectivity index (χ0v) is 18.1. The molecule has 34 heavy (non-hydrogen) atoms. The van der Waals surface area contributed by atoms with E-state index in [1.807, 2.05) is 24.3 Å². The van der Waals surface area contributed by atoms with Gasteiger partial charge in [0.1, 0.15) is 45.9 Å². The largest absolute Gasteiger partial charge is 0.507 e. The highest BCUT2D eigenvalue weighted by atomic mass is 32.1. The molecule has 2 aromatic heterocycles. The van der Waals surface area contributed by atoms with Crippen molar-refractivity contribution in [2.24, 2.45) is 0 Å². The third-order valence-electron chi connectivity index (χ3n) is 5.20. The van der Waals surface area contributed by atoms with Crippen LogP contribution in [0.4, 0.5) is 0 Å². The summed E-state index contributed by atoms with van der Waals surface area (Å²) in [6.45, 7) is 0.0398. The lowest BCUT2D eigenvalue weighted by atomic mass is 10.1. The van der Waals surface area contributed by atoms with Gasteiger partial charge in [-0.05, 0) is 42.0 Å². The summed E-state index contributed by atoms with van der Waals surface area (Å²) in [5.41, 5.74) is 0.890. The Kier molecular flexibility index (Phi) is 5.20. The van der Waals surface area contributed by atoms with Crippen molar-refractivity contribution in [1.29, 1.82) is 5.26 Å². The fourth-order valence-corrected chi connectivity index (χ4v) is 4.58. The molecule has 5 aromatic rings. The van der Waals surface area contributed by atoms with Crippen molar-refractivity contribution in [1.82, 2.24) is 4.98 Å². The molecule has 0 bridgehead atoms. The van der Waals surface area contributed by atoms with Crippen molar-refractivity contribution in [2.45, 2.75) is 6.61 Å². The standard InChI is InChI=1S/C25H14N2O6S/c26-11-17-15-8-6-14(32-12-13-5-7-16(24(29)30)19(28)9-13)10-20(15)33-25(31)22(17)23-27-18-3-1-2-4-21(18)34-23/h1-10,28H,12H2,(H,29,30). The van der Waals surface area contributed by atoms with Gasteiger partial charge in [0.05, 0.1) is 15.8 Å². The SMILES string of the molecule is N#Cc1c(-c2nc3ccccc3s2)c(=O)oc2cc(OCc3ccc(C(=O)O)c(O)c3)ccc12. The lowest BCUT2D eigenvalue weighted by molar-refractivity contribution is 0.0693. The molecule has 0 unspecified atom stereocenters. The number of para-hydroxylation sites is 1. The molecule has 0 amide bonds. The van der Waals surface area contributed by atoms with Gasteiger partial charge in [-0.2, -0.15) is 5.26 Å². The van der Waals surface area contributed by atoms with Gasteiger partial charge >= 0.3 is 11.6 Å². The molecular weight excluding hydrogens is 456 g/mol. The van der Waals surface area contributed by atoms with Gasteiger partial charge in [-0.3, -0.25) is 0 Å². The van der Waals surface area contributed by atoms with E-state index in [4.69, 9.17) is 14.3 Å². The van der Waals surface area contributed by atoms with E-state index >= 15 is 0 Å². The summed E-state index contributed by atoms with van der Waals surface area (Å²) in [5.74, 6) is -1.22. The number of thiazole rings is 1. The molecule has 0 aliphatic rings. The molecule has 2 heterocycles. The lowest BCUT2D eigenvalue weighted by Gasteiger charge is -2.09. The van der Waals surface area contributed by atoms with Gasteiger partial charge < -0.3 is 19.4 Å². The number of nitriles is 1. The van der Waals surface area contributed by atoms with Crippen LogP contribution in [0.15, 0.2) is 69.9 Å². The minimum absolute atomic E-state index is 0.0398. The fourth-order valence-electron chi connectivity index (χ4n) is 3.58. The van der Waals surface area contributed by atoms with Gasteiger partial charge in [0.15, 0.2) is 0 Å². The van der Waals surface area contributed by atoms with Gasteiger partial charge in [-0.15, -0.1) is 11.3 Å². The lowest BCUT2D eigenvalue weighted by Crippen LogP contribution is -2.06. The predicted octanol–water partition coefficient (Wildman–Crippen LogP) is 4.92. The summed E-state index contributed by atoms with van der Waals surface area (Å²) < 4.78 is 12.1. The normalized spacial score (nSPS) is 10.9. The maximum Gasteiger partial charge on any atom is 0.348 e. The number of aromatic nitrogens is 1. The summed E-state index contributed by atoms with van der Waals surface area (Å²) in [4.78, 5) is 28.4. The van der Waals surface area contributed by atoms with E-state index in [0.29, 0.717) is 21.7 Å². The quantitative estimate of drug-likeness (QED) is 0.346. The molecule has 0 saturated heterocycles. The number of benzene rings is 3. The molecule has 2 N–H and O–H groups in total. The number of carbonyl (C=O) groups is 1. The number of hydrogen-bond donors (Lipinski definition) is 2. The highest BCUT2D eigenvalue weighted by Crippen LogP contribution is 2.34. The zero-order valence-electron chi connectivity index (χ0n) is 17.3. The van der Waals surface area contributed by atoms with Crippen molar-refractivity contribution in [2.75, 3.05) is 0 Å². The molecule has 0 radical (unpaired) electrons. The number of phenols is 1. The van der Waals surface area contributed by atoms with Gasteiger partial charge in [0.25, 0.3) is 0 Å². The van der Waals surface area contributed by atoms with Crippen molar-refractivity contribution in [3.8, 4) is 28.1 Å². The third kappa shape index (κ3) is 3.72. The zero-order chi connectivity index (χ0) is 23.8. The number of aromatic carboxylic acids is 1. The van der Waals surface area contributed by atoms with E-state index in [1.54, 1.807) is 12.1 Å². The van der Waals surface area contributed by atoms with Crippen LogP contribution < -0.4 is 10.4 Å². The van der Waals surface area contributed by atoms with Crippen LogP contribution in [0.2, 0.25) is 0 Å². The number of carboxylic acid groups (broad SMARTS) is 1. The molecule has 9 heteroatoms. The Hall–Kier alpha value is -4.68. The van der Waals surface area contributed by atoms with Gasteiger partial charge in [0.2, 0.25) is 0 Å². The number of aromatic hydroxyl groups is 1. The number of fused-ring (bicyclic) bond motifs is 2. The van der Waals surface area contributed by atoms with Crippen LogP contribution in [0.3, 0.4) is 0 Å². The highest BCUT2D eigenvalue weighted by molar-refractivity contribution is 7.21. The molecule has 5 rings (SSSR count). The van der Waals surface area contributed by atoms with E-state index in [0.717, 1.165) is 10.2 Å². The third-order valence-corrected chi connectivity index (χ3v) is 6.25. The second-order valence-corrected chi connectivity index (χ2v) is 8.37. The topological polar surface area (TPSA) is 134 Å². The second-order valence-electron chi connectivity index (χ2n) is 7.34. The Morgan fingerprint density at radius 2 is 1.97 bits per heavy atom. The van der Waals surface area contributed by atoms with Crippen LogP contribution in [0, 0.1) is 11.3 Å². The van der Waals surface area contributed by atoms with Gasteiger partial charge in [-0.1, -0.05) is 18.2 Å². The Labute approximate surface area is 195 Å². The molecule has 0 aliphatic carbocycles. The first-order valence-corrected chi connectivity index (χ1v) is 10.8. The molecule has 3 aromatic carbocycles. The highest BCUT2D eigenvalue weighted by Gasteiger charge is 2.20. The molecule has 0 atom stereocenters. The van der Waals surface area contributed by atoms with Crippen LogP contribution in [-0.2, 0) is 6.61 Å². The maximum absolute atomic E-state index is 12.8. The fraction of sp³-hybridized carbons (Fsp3) is 0.0400. The van der Waals surface area contributed by atoms with Crippen molar-refractivity contribution in [3.63, 3.8) is 0 Å². The smallest absolute Gasteiger partial charge is 0.348 e. The summed E-state index contributed by atoms with van der Waals surface area (Å²) in [5, 5.41) is 29.5. The Balaban J connectivity index is 1.49. The van der Waals surface area contributed by atoms with Crippen molar-refractivity contribution >= 4 is 38.5 Å². The number of carboxylic acids is 1. The number of ether oxygens (including phenoxy) is 1. The summed E-state index contributed by atoms with van der Waals surface area (Å²) in [7, 11) is 0. The first-order valence-electron chi connectivity index (χ1n) is 9.99. The second kappa shape index (κ2) is 8.35. The van der Waals surface area contributed by atoms with Crippen LogP contribution in [0.25, 0.3) is 31.8 Å². The minimum atomic E-state index is -1.23. The molecule has 0 saturated carbocycles. The van der Waals surface area contributed by atoms with Crippen LogP contribution in [0.5, 0.6) is 11.5 Å². The van der Waals surface area contributed by atoms with Gasteiger partial charge in [0, 0.05) is 11.5 Å².